The molecular weight excluding hydrogens is 206 g/mol. The molecule has 2 aromatic rings. The molecule has 1 N–H and O–H groups in total. The molecule has 2 aromatic heterocycles. The van der Waals surface area contributed by atoms with Crippen molar-refractivity contribution in [1.29, 1.82) is 0 Å². The molecular formula is C11H11N3O2. The van der Waals surface area contributed by atoms with Crippen LogP contribution in [0.15, 0.2) is 24.5 Å². The minimum atomic E-state index is -0.440. The van der Waals surface area contributed by atoms with Gasteiger partial charge in [-0.25, -0.2) is 9.78 Å². The Morgan fingerprint density at radius 1 is 1.44 bits per heavy atom. The monoisotopic (exact) mass is 217 g/mol. The van der Waals surface area contributed by atoms with Gasteiger partial charge in [0.15, 0.2) is 0 Å². The molecule has 0 amide bonds. The zero-order valence-corrected chi connectivity index (χ0v) is 9.02. The van der Waals surface area contributed by atoms with E-state index in [0.29, 0.717) is 5.69 Å². The standard InChI is InChI=1S/C11H11N3O2/c1-7-3-4-9(11(15)16-2)14-10(7)8-5-12-13-6-8/h3-6H,1-2H3,(H,12,13). The fraction of sp³-hybridized carbons (Fsp3) is 0.182. The van der Waals surface area contributed by atoms with Crippen LogP contribution in [-0.4, -0.2) is 28.3 Å². The van der Waals surface area contributed by atoms with Crippen molar-refractivity contribution in [2.45, 2.75) is 6.92 Å². The molecule has 0 aliphatic carbocycles. The van der Waals surface area contributed by atoms with Crippen LogP contribution in [0.2, 0.25) is 0 Å². The quantitative estimate of drug-likeness (QED) is 0.775. The summed E-state index contributed by atoms with van der Waals surface area (Å²) in [7, 11) is 1.33. The number of ether oxygens (including phenoxy) is 1. The normalized spacial score (nSPS) is 10.1. The predicted molar refractivity (Wildman–Crippen MR) is 57.9 cm³/mol. The lowest BCUT2D eigenvalue weighted by atomic mass is 10.1. The molecule has 0 saturated heterocycles. The van der Waals surface area contributed by atoms with Gasteiger partial charge in [0, 0.05) is 11.8 Å². The number of esters is 1. The Morgan fingerprint density at radius 3 is 2.88 bits per heavy atom. The lowest BCUT2D eigenvalue weighted by molar-refractivity contribution is 0.0594. The molecule has 2 heterocycles. The van der Waals surface area contributed by atoms with E-state index in [1.54, 1.807) is 18.5 Å². The number of hydrogen-bond acceptors (Lipinski definition) is 4. The van der Waals surface area contributed by atoms with Crippen molar-refractivity contribution in [3.63, 3.8) is 0 Å². The molecule has 0 saturated carbocycles. The van der Waals surface area contributed by atoms with Gasteiger partial charge in [-0.05, 0) is 18.6 Å². The van der Waals surface area contributed by atoms with Crippen molar-refractivity contribution in [3.05, 3.63) is 35.8 Å². The SMILES string of the molecule is COC(=O)c1ccc(C)c(-c2cn[nH]c2)n1. The molecule has 5 nitrogen and oxygen atoms in total. The Morgan fingerprint density at radius 2 is 2.25 bits per heavy atom. The van der Waals surface area contributed by atoms with Crippen LogP contribution in [0.25, 0.3) is 11.3 Å². The largest absolute Gasteiger partial charge is 0.464 e. The first-order valence-corrected chi connectivity index (χ1v) is 4.77. The summed E-state index contributed by atoms with van der Waals surface area (Å²) < 4.78 is 4.62. The summed E-state index contributed by atoms with van der Waals surface area (Å²) in [4.78, 5) is 15.6. The summed E-state index contributed by atoms with van der Waals surface area (Å²) in [5.74, 6) is -0.440. The van der Waals surface area contributed by atoms with Crippen LogP contribution in [0.4, 0.5) is 0 Å². The molecule has 16 heavy (non-hydrogen) atoms. The number of rotatable bonds is 2. The first-order valence-electron chi connectivity index (χ1n) is 4.77. The summed E-state index contributed by atoms with van der Waals surface area (Å²) in [6.07, 6.45) is 3.40. The Hall–Kier alpha value is -2.17. The van der Waals surface area contributed by atoms with E-state index in [2.05, 4.69) is 19.9 Å². The average Bonchev–Trinajstić information content (AvgIpc) is 2.82. The molecule has 82 valence electrons. The fourth-order valence-electron chi connectivity index (χ4n) is 1.42. The van der Waals surface area contributed by atoms with Gasteiger partial charge in [0.25, 0.3) is 0 Å². The third-order valence-electron chi connectivity index (χ3n) is 2.26. The van der Waals surface area contributed by atoms with Gasteiger partial charge in [-0.15, -0.1) is 0 Å². The molecule has 2 rings (SSSR count). The highest BCUT2D eigenvalue weighted by Gasteiger charge is 2.11. The van der Waals surface area contributed by atoms with E-state index in [0.717, 1.165) is 16.8 Å². The van der Waals surface area contributed by atoms with Gasteiger partial charge in [-0.2, -0.15) is 5.10 Å². The van der Waals surface area contributed by atoms with Crippen LogP contribution in [0.3, 0.4) is 0 Å². The number of carbonyl (C=O) groups is 1. The average molecular weight is 217 g/mol. The predicted octanol–water partition coefficient (Wildman–Crippen LogP) is 1.57. The van der Waals surface area contributed by atoms with Crippen molar-refractivity contribution < 1.29 is 9.53 Å². The van der Waals surface area contributed by atoms with Crippen molar-refractivity contribution in [1.82, 2.24) is 15.2 Å². The van der Waals surface area contributed by atoms with Gasteiger partial charge < -0.3 is 4.74 Å². The fourth-order valence-corrected chi connectivity index (χ4v) is 1.42. The first-order chi connectivity index (χ1) is 7.72. The van der Waals surface area contributed by atoms with E-state index in [1.165, 1.54) is 7.11 Å². The van der Waals surface area contributed by atoms with Gasteiger partial charge in [0.2, 0.25) is 0 Å². The maximum absolute atomic E-state index is 11.3. The summed E-state index contributed by atoms with van der Waals surface area (Å²) in [6.45, 7) is 1.93. The van der Waals surface area contributed by atoms with Gasteiger partial charge in [0.1, 0.15) is 5.69 Å². The Labute approximate surface area is 92.5 Å². The highest BCUT2D eigenvalue weighted by molar-refractivity contribution is 5.88. The number of carbonyl (C=O) groups excluding carboxylic acids is 1. The summed E-state index contributed by atoms with van der Waals surface area (Å²) in [5, 5.41) is 6.57. The third-order valence-corrected chi connectivity index (χ3v) is 2.26. The van der Waals surface area contributed by atoms with Crippen molar-refractivity contribution in [2.24, 2.45) is 0 Å². The molecule has 0 unspecified atom stereocenters. The number of aromatic nitrogens is 3. The van der Waals surface area contributed by atoms with Crippen molar-refractivity contribution in [2.75, 3.05) is 7.11 Å². The molecule has 0 fully saturated rings. The van der Waals surface area contributed by atoms with Crippen LogP contribution < -0.4 is 0 Å². The Bertz CT molecular complexity index is 506. The summed E-state index contributed by atoms with van der Waals surface area (Å²) >= 11 is 0. The summed E-state index contributed by atoms with van der Waals surface area (Å²) in [6, 6.07) is 3.48. The first kappa shape index (κ1) is 10.4. The number of nitrogens with one attached hydrogen (secondary N) is 1. The lowest BCUT2D eigenvalue weighted by Crippen LogP contribution is -2.05. The van der Waals surface area contributed by atoms with E-state index in [9.17, 15) is 4.79 Å². The topological polar surface area (TPSA) is 67.9 Å². The van der Waals surface area contributed by atoms with Crippen molar-refractivity contribution in [3.8, 4) is 11.3 Å². The molecule has 0 aliphatic heterocycles. The highest BCUT2D eigenvalue weighted by atomic mass is 16.5. The minimum absolute atomic E-state index is 0.296. The van der Waals surface area contributed by atoms with Gasteiger partial charge in [-0.3, -0.25) is 5.10 Å². The molecule has 0 atom stereocenters. The third kappa shape index (κ3) is 1.79. The van der Waals surface area contributed by atoms with Crippen LogP contribution in [-0.2, 0) is 4.74 Å². The number of aryl methyl sites for hydroxylation is 1. The maximum Gasteiger partial charge on any atom is 0.356 e. The number of H-pyrrole nitrogens is 1. The van der Waals surface area contributed by atoms with Crippen LogP contribution in [0.1, 0.15) is 16.1 Å². The van der Waals surface area contributed by atoms with Crippen LogP contribution in [0, 0.1) is 6.92 Å². The Kier molecular flexibility index (Phi) is 2.68. The molecule has 5 heteroatoms. The maximum atomic E-state index is 11.3. The van der Waals surface area contributed by atoms with E-state index < -0.39 is 5.97 Å². The second-order valence-electron chi connectivity index (χ2n) is 3.34. The number of aromatic amines is 1. The second-order valence-corrected chi connectivity index (χ2v) is 3.34. The van der Waals surface area contributed by atoms with E-state index in [4.69, 9.17) is 0 Å². The Balaban J connectivity index is 2.49. The number of nitrogens with zero attached hydrogens (tertiary/aromatic N) is 2. The van der Waals surface area contributed by atoms with Gasteiger partial charge in [-0.1, -0.05) is 6.07 Å². The zero-order chi connectivity index (χ0) is 11.5. The smallest absolute Gasteiger partial charge is 0.356 e. The van der Waals surface area contributed by atoms with E-state index in [1.807, 2.05) is 13.0 Å². The van der Waals surface area contributed by atoms with E-state index in [-0.39, 0.29) is 0 Å². The van der Waals surface area contributed by atoms with Crippen LogP contribution >= 0.6 is 0 Å². The second kappa shape index (κ2) is 4.14. The molecule has 0 bridgehead atoms. The highest BCUT2D eigenvalue weighted by Crippen LogP contribution is 2.20. The number of methoxy groups -OCH3 is 1. The molecule has 0 aliphatic rings. The van der Waals surface area contributed by atoms with E-state index >= 15 is 0 Å². The number of hydrogen-bond donors (Lipinski definition) is 1. The van der Waals surface area contributed by atoms with Gasteiger partial charge in [0.05, 0.1) is 19.0 Å². The number of pyridine rings is 1. The van der Waals surface area contributed by atoms with Crippen molar-refractivity contribution >= 4 is 5.97 Å². The minimum Gasteiger partial charge on any atom is -0.464 e. The summed E-state index contributed by atoms with van der Waals surface area (Å²) in [5.41, 5.74) is 2.86. The van der Waals surface area contributed by atoms with Gasteiger partial charge >= 0.3 is 5.97 Å². The zero-order valence-electron chi connectivity index (χ0n) is 9.02. The molecule has 0 spiro atoms. The molecule has 0 radical (unpaired) electrons. The molecule has 0 aromatic carbocycles. The lowest BCUT2D eigenvalue weighted by Gasteiger charge is -2.04. The van der Waals surface area contributed by atoms with Crippen LogP contribution in [0.5, 0.6) is 0 Å².